The second kappa shape index (κ2) is 6.20. The number of piperidine rings is 1. The summed E-state index contributed by atoms with van der Waals surface area (Å²) in [5.74, 6) is 0.689. The van der Waals surface area contributed by atoms with Gasteiger partial charge in [-0.15, -0.1) is 0 Å². The average molecular weight is 317 g/mol. The molecule has 0 bridgehead atoms. The van der Waals surface area contributed by atoms with Crippen molar-refractivity contribution in [2.24, 2.45) is 0 Å². The van der Waals surface area contributed by atoms with Crippen LogP contribution in [0.4, 0.5) is 4.79 Å². The predicted molar refractivity (Wildman–Crippen MR) is 86.4 cm³/mol. The molecule has 6 heteroatoms. The van der Waals surface area contributed by atoms with E-state index in [1.165, 1.54) is 4.90 Å². The van der Waals surface area contributed by atoms with Gasteiger partial charge in [0.15, 0.2) is 0 Å². The molecular weight excluding hydrogens is 294 g/mol. The van der Waals surface area contributed by atoms with Crippen LogP contribution in [-0.2, 0) is 11.2 Å². The second-order valence-corrected chi connectivity index (χ2v) is 6.30. The first-order valence-electron chi connectivity index (χ1n) is 8.06. The number of ether oxygens (including phenoxy) is 1. The van der Waals surface area contributed by atoms with Crippen molar-refractivity contribution in [2.45, 2.75) is 37.8 Å². The van der Waals surface area contributed by atoms with Crippen molar-refractivity contribution in [3.8, 4) is 5.75 Å². The largest absolute Gasteiger partial charge is 0.496 e. The molecule has 2 N–H and O–H groups in total. The fraction of sp³-hybridized carbons (Fsp3) is 0.529. The molecule has 1 aromatic rings. The molecule has 0 aliphatic carbocycles. The van der Waals surface area contributed by atoms with Crippen LogP contribution < -0.4 is 15.4 Å². The average Bonchev–Trinajstić information content (AvgIpc) is 2.79. The Labute approximate surface area is 136 Å². The Balaban J connectivity index is 1.78. The van der Waals surface area contributed by atoms with E-state index in [9.17, 15) is 9.59 Å². The summed E-state index contributed by atoms with van der Waals surface area (Å²) in [6.07, 6.45) is 1.88. The summed E-state index contributed by atoms with van der Waals surface area (Å²) < 4.78 is 5.36. The Morgan fingerprint density at radius 1 is 1.26 bits per heavy atom. The number of rotatable bonds is 4. The van der Waals surface area contributed by atoms with Crippen LogP contribution in [-0.4, -0.2) is 48.6 Å². The molecule has 2 saturated heterocycles. The summed E-state index contributed by atoms with van der Waals surface area (Å²) >= 11 is 0. The van der Waals surface area contributed by atoms with Crippen LogP contribution >= 0.6 is 0 Å². The van der Waals surface area contributed by atoms with Crippen LogP contribution in [0.25, 0.3) is 0 Å². The SMILES string of the molecule is COc1ccccc1C[C@@H](C)N1C(=O)NC2(CCNCC2)C1=O. The van der Waals surface area contributed by atoms with Crippen LogP contribution in [0.1, 0.15) is 25.3 Å². The van der Waals surface area contributed by atoms with Crippen molar-refractivity contribution in [3.05, 3.63) is 29.8 Å². The van der Waals surface area contributed by atoms with E-state index in [4.69, 9.17) is 4.74 Å². The third kappa shape index (κ3) is 2.79. The first-order chi connectivity index (χ1) is 11.1. The molecule has 6 nitrogen and oxygen atoms in total. The first kappa shape index (κ1) is 15.8. The first-order valence-corrected chi connectivity index (χ1v) is 8.06. The zero-order valence-electron chi connectivity index (χ0n) is 13.6. The van der Waals surface area contributed by atoms with Gasteiger partial charge >= 0.3 is 6.03 Å². The van der Waals surface area contributed by atoms with Crippen LogP contribution in [0, 0.1) is 0 Å². The molecule has 0 saturated carbocycles. The summed E-state index contributed by atoms with van der Waals surface area (Å²) in [6.45, 7) is 3.41. The molecule has 2 aliphatic rings. The molecule has 2 fully saturated rings. The van der Waals surface area contributed by atoms with Gasteiger partial charge < -0.3 is 15.4 Å². The van der Waals surface area contributed by atoms with E-state index in [0.717, 1.165) is 24.4 Å². The van der Waals surface area contributed by atoms with Gasteiger partial charge in [-0.3, -0.25) is 9.69 Å². The van der Waals surface area contributed by atoms with Crippen molar-refractivity contribution in [1.82, 2.24) is 15.5 Å². The smallest absolute Gasteiger partial charge is 0.325 e. The van der Waals surface area contributed by atoms with E-state index in [1.54, 1.807) is 7.11 Å². The maximum Gasteiger partial charge on any atom is 0.325 e. The molecule has 3 amide bonds. The van der Waals surface area contributed by atoms with Gasteiger partial charge in [-0.1, -0.05) is 18.2 Å². The highest BCUT2D eigenvalue weighted by molar-refractivity contribution is 6.07. The third-order valence-corrected chi connectivity index (χ3v) is 4.80. The van der Waals surface area contributed by atoms with Gasteiger partial charge in [0.05, 0.1) is 7.11 Å². The molecule has 2 aliphatic heterocycles. The molecule has 1 aromatic carbocycles. The number of para-hydroxylation sites is 1. The van der Waals surface area contributed by atoms with Gasteiger partial charge in [0.2, 0.25) is 0 Å². The van der Waals surface area contributed by atoms with E-state index >= 15 is 0 Å². The lowest BCUT2D eigenvalue weighted by Gasteiger charge is -2.31. The number of hydrogen-bond acceptors (Lipinski definition) is 4. The minimum atomic E-state index is -0.711. The van der Waals surface area contributed by atoms with E-state index < -0.39 is 5.54 Å². The van der Waals surface area contributed by atoms with Crippen molar-refractivity contribution in [1.29, 1.82) is 0 Å². The monoisotopic (exact) mass is 317 g/mol. The zero-order chi connectivity index (χ0) is 16.4. The summed E-state index contributed by atoms with van der Waals surface area (Å²) in [6, 6.07) is 7.21. The lowest BCUT2D eigenvalue weighted by Crippen LogP contribution is -2.54. The molecule has 3 rings (SSSR count). The Bertz CT molecular complexity index is 611. The number of carbonyl (C=O) groups excluding carboxylic acids is 2. The number of nitrogens with zero attached hydrogens (tertiary/aromatic N) is 1. The highest BCUT2D eigenvalue weighted by Crippen LogP contribution is 2.30. The fourth-order valence-corrected chi connectivity index (χ4v) is 3.52. The van der Waals surface area contributed by atoms with Crippen LogP contribution in [0.5, 0.6) is 5.75 Å². The van der Waals surface area contributed by atoms with Crippen molar-refractivity contribution < 1.29 is 14.3 Å². The maximum atomic E-state index is 12.9. The Morgan fingerprint density at radius 2 is 1.96 bits per heavy atom. The van der Waals surface area contributed by atoms with Gasteiger partial charge in [0.25, 0.3) is 5.91 Å². The standard InChI is InChI=1S/C17H23N3O3/c1-12(11-13-5-3-4-6-14(13)23-2)20-15(21)17(19-16(20)22)7-9-18-10-8-17/h3-6,12,18H,7-11H2,1-2H3,(H,19,22)/t12-/m1/s1. The van der Waals surface area contributed by atoms with Crippen LogP contribution in [0.3, 0.4) is 0 Å². The highest BCUT2D eigenvalue weighted by atomic mass is 16.5. The number of urea groups is 1. The number of amides is 3. The molecule has 0 radical (unpaired) electrons. The molecule has 2 heterocycles. The van der Waals surface area contributed by atoms with Crippen molar-refractivity contribution >= 4 is 11.9 Å². The van der Waals surface area contributed by atoms with Crippen LogP contribution in [0.2, 0.25) is 0 Å². The molecule has 124 valence electrons. The van der Waals surface area contributed by atoms with E-state index in [-0.39, 0.29) is 18.0 Å². The Morgan fingerprint density at radius 3 is 2.65 bits per heavy atom. The minimum Gasteiger partial charge on any atom is -0.496 e. The van der Waals surface area contributed by atoms with Crippen molar-refractivity contribution in [2.75, 3.05) is 20.2 Å². The molecule has 23 heavy (non-hydrogen) atoms. The second-order valence-electron chi connectivity index (χ2n) is 6.30. The molecular formula is C17H23N3O3. The Kier molecular flexibility index (Phi) is 4.26. The lowest BCUT2D eigenvalue weighted by molar-refractivity contribution is -0.133. The predicted octanol–water partition coefficient (Wildman–Crippen LogP) is 1.30. The third-order valence-electron chi connectivity index (χ3n) is 4.80. The Hall–Kier alpha value is -2.08. The number of nitrogens with one attached hydrogen (secondary N) is 2. The molecule has 1 spiro atoms. The number of hydrogen-bond donors (Lipinski definition) is 2. The normalized spacial score (nSPS) is 21.4. The van der Waals surface area contributed by atoms with E-state index in [1.807, 2.05) is 31.2 Å². The van der Waals surface area contributed by atoms with Gasteiger partial charge in [-0.25, -0.2) is 4.79 Å². The number of methoxy groups -OCH3 is 1. The molecule has 1 atom stereocenters. The van der Waals surface area contributed by atoms with Gasteiger partial charge in [0.1, 0.15) is 11.3 Å². The minimum absolute atomic E-state index is 0.0913. The van der Waals surface area contributed by atoms with Gasteiger partial charge in [-0.05, 0) is 50.9 Å². The topological polar surface area (TPSA) is 70.7 Å². The number of benzene rings is 1. The van der Waals surface area contributed by atoms with Crippen molar-refractivity contribution in [3.63, 3.8) is 0 Å². The lowest BCUT2D eigenvalue weighted by atomic mass is 9.88. The molecule has 0 unspecified atom stereocenters. The van der Waals surface area contributed by atoms with E-state index in [0.29, 0.717) is 19.3 Å². The summed E-state index contributed by atoms with van der Waals surface area (Å²) in [5, 5.41) is 6.16. The number of carbonyl (C=O) groups is 2. The maximum absolute atomic E-state index is 12.9. The summed E-state index contributed by atoms with van der Waals surface area (Å²) in [7, 11) is 1.63. The quantitative estimate of drug-likeness (QED) is 0.821. The van der Waals surface area contributed by atoms with E-state index in [2.05, 4.69) is 10.6 Å². The molecule has 0 aromatic heterocycles. The summed E-state index contributed by atoms with van der Waals surface area (Å²) in [4.78, 5) is 26.6. The van der Waals surface area contributed by atoms with Crippen LogP contribution in [0.15, 0.2) is 24.3 Å². The van der Waals surface area contributed by atoms with Gasteiger partial charge in [-0.2, -0.15) is 0 Å². The zero-order valence-corrected chi connectivity index (χ0v) is 13.6. The fourth-order valence-electron chi connectivity index (χ4n) is 3.52. The number of imide groups is 1. The highest BCUT2D eigenvalue weighted by Gasteiger charge is 2.52. The van der Waals surface area contributed by atoms with Gasteiger partial charge in [0, 0.05) is 6.04 Å². The summed E-state index contributed by atoms with van der Waals surface area (Å²) in [5.41, 5.74) is 0.284.